The van der Waals surface area contributed by atoms with E-state index in [9.17, 15) is 14.7 Å². The third kappa shape index (κ3) is 1.97. The molecule has 4 bridgehead atoms. The highest BCUT2D eigenvalue weighted by Gasteiger charge is 2.64. The highest BCUT2D eigenvalue weighted by molar-refractivity contribution is 5.81. The molecule has 4 fully saturated rings. The summed E-state index contributed by atoms with van der Waals surface area (Å²) in [7, 11) is 0. The van der Waals surface area contributed by atoms with Crippen molar-refractivity contribution in [3.05, 3.63) is 12.7 Å². The maximum absolute atomic E-state index is 11.8. The van der Waals surface area contributed by atoms with Gasteiger partial charge in [-0.05, 0) is 49.9 Å². The van der Waals surface area contributed by atoms with Crippen molar-refractivity contribution >= 4 is 11.9 Å². The first-order valence-electron chi connectivity index (χ1n) is 7.33. The van der Waals surface area contributed by atoms with Crippen LogP contribution >= 0.6 is 0 Å². The van der Waals surface area contributed by atoms with Gasteiger partial charge in [-0.2, -0.15) is 0 Å². The maximum Gasteiger partial charge on any atom is 0.330 e. The van der Waals surface area contributed by atoms with E-state index in [1.165, 1.54) is 6.08 Å². The van der Waals surface area contributed by atoms with Gasteiger partial charge in [0.15, 0.2) is 0 Å². The molecule has 4 aliphatic rings. The summed E-state index contributed by atoms with van der Waals surface area (Å²) in [6.07, 6.45) is 6.52. The van der Waals surface area contributed by atoms with Crippen molar-refractivity contribution in [3.63, 3.8) is 0 Å². The van der Waals surface area contributed by atoms with E-state index in [-0.39, 0.29) is 10.8 Å². The van der Waals surface area contributed by atoms with E-state index in [1.807, 2.05) is 0 Å². The van der Waals surface area contributed by atoms with Crippen LogP contribution in [-0.2, 0) is 14.3 Å². The molecule has 0 amide bonds. The maximum atomic E-state index is 11.8. The number of carbonyl (C=O) groups is 2. The summed E-state index contributed by atoms with van der Waals surface area (Å²) >= 11 is 0. The number of rotatable bonds is 4. The first-order chi connectivity index (χ1) is 9.30. The van der Waals surface area contributed by atoms with Gasteiger partial charge < -0.3 is 9.84 Å². The van der Waals surface area contributed by atoms with E-state index in [0.717, 1.165) is 32.1 Å². The highest BCUT2D eigenvalue weighted by atomic mass is 16.5. The molecule has 0 radical (unpaired) electrons. The predicted molar refractivity (Wildman–Crippen MR) is 73.0 cm³/mol. The molecular formula is C16H22O4. The molecule has 4 nitrogen and oxygen atoms in total. The smallest absolute Gasteiger partial charge is 0.330 e. The molecule has 20 heavy (non-hydrogen) atoms. The second-order valence-corrected chi connectivity index (χ2v) is 7.72. The number of carbonyl (C=O) groups excluding carboxylic acids is 1. The summed E-state index contributed by atoms with van der Waals surface area (Å²) in [4.78, 5) is 23.1. The van der Waals surface area contributed by atoms with Crippen LogP contribution in [0.5, 0.6) is 0 Å². The Morgan fingerprint density at radius 2 is 2.05 bits per heavy atom. The van der Waals surface area contributed by atoms with Gasteiger partial charge in [0, 0.05) is 11.5 Å². The van der Waals surface area contributed by atoms with Crippen LogP contribution in [0, 0.1) is 22.2 Å². The van der Waals surface area contributed by atoms with E-state index < -0.39 is 17.4 Å². The van der Waals surface area contributed by atoms with Gasteiger partial charge in [0.25, 0.3) is 0 Å². The first kappa shape index (κ1) is 13.7. The first-order valence-corrected chi connectivity index (χ1v) is 7.33. The Hall–Kier alpha value is -1.32. The molecule has 0 aromatic heterocycles. The number of aliphatic carboxylic acids is 1. The number of carboxylic acid groups (broad SMARTS) is 1. The average Bonchev–Trinajstić information content (AvgIpc) is 2.33. The van der Waals surface area contributed by atoms with Crippen molar-refractivity contribution in [1.29, 1.82) is 0 Å². The van der Waals surface area contributed by atoms with Crippen LogP contribution in [0.4, 0.5) is 0 Å². The lowest BCUT2D eigenvalue weighted by Crippen LogP contribution is -2.59. The van der Waals surface area contributed by atoms with Gasteiger partial charge in [-0.3, -0.25) is 4.79 Å². The van der Waals surface area contributed by atoms with Crippen LogP contribution in [0.3, 0.4) is 0 Å². The zero-order chi connectivity index (χ0) is 14.6. The van der Waals surface area contributed by atoms with Gasteiger partial charge in [0.1, 0.15) is 0 Å². The molecular weight excluding hydrogens is 256 g/mol. The van der Waals surface area contributed by atoms with E-state index in [0.29, 0.717) is 18.9 Å². The van der Waals surface area contributed by atoms with Crippen LogP contribution in [0.2, 0.25) is 0 Å². The molecule has 0 aliphatic heterocycles. The molecule has 0 heterocycles. The van der Waals surface area contributed by atoms with Gasteiger partial charge in [-0.15, -0.1) is 0 Å². The number of hydrogen-bond acceptors (Lipinski definition) is 3. The number of carboxylic acids is 1. The van der Waals surface area contributed by atoms with Crippen molar-refractivity contribution in [2.75, 3.05) is 6.61 Å². The van der Waals surface area contributed by atoms with Crippen LogP contribution in [-0.4, -0.2) is 23.7 Å². The minimum absolute atomic E-state index is 0.0956. The molecule has 1 N–H and O–H groups in total. The lowest BCUT2D eigenvalue weighted by atomic mass is 9.40. The Kier molecular flexibility index (Phi) is 2.79. The molecule has 4 heteroatoms. The molecule has 0 aromatic carbocycles. The molecule has 110 valence electrons. The Bertz CT molecular complexity index is 485. The summed E-state index contributed by atoms with van der Waals surface area (Å²) < 4.78 is 5.30. The molecule has 0 saturated heterocycles. The molecule has 4 saturated carbocycles. The topological polar surface area (TPSA) is 63.6 Å². The molecule has 4 atom stereocenters. The minimum Gasteiger partial charge on any atom is -0.481 e. The Morgan fingerprint density at radius 1 is 1.30 bits per heavy atom. The highest BCUT2D eigenvalue weighted by Crippen LogP contribution is 2.69. The molecule has 0 spiro atoms. The van der Waals surface area contributed by atoms with Gasteiger partial charge in [0.05, 0.1) is 12.0 Å². The van der Waals surface area contributed by atoms with Crippen LogP contribution < -0.4 is 0 Å². The second kappa shape index (κ2) is 4.09. The second-order valence-electron chi connectivity index (χ2n) is 7.72. The van der Waals surface area contributed by atoms with E-state index in [4.69, 9.17) is 4.74 Å². The molecule has 4 unspecified atom stereocenters. The fourth-order valence-electron chi connectivity index (χ4n) is 5.82. The lowest BCUT2D eigenvalue weighted by Gasteiger charge is -2.64. The normalized spacial score (nSPS) is 45.1. The van der Waals surface area contributed by atoms with Crippen molar-refractivity contribution in [2.45, 2.75) is 45.4 Å². The monoisotopic (exact) mass is 278 g/mol. The Labute approximate surface area is 119 Å². The summed E-state index contributed by atoms with van der Waals surface area (Å²) in [5, 5.41) is 9.71. The summed E-state index contributed by atoms with van der Waals surface area (Å²) in [6.45, 7) is 5.97. The number of hydrogen-bond donors (Lipinski definition) is 1. The molecule has 4 aliphatic carbocycles. The van der Waals surface area contributed by atoms with Crippen molar-refractivity contribution in [3.8, 4) is 0 Å². The van der Waals surface area contributed by atoms with Crippen molar-refractivity contribution in [2.24, 2.45) is 22.2 Å². The van der Waals surface area contributed by atoms with Gasteiger partial charge in [-0.25, -0.2) is 4.79 Å². The van der Waals surface area contributed by atoms with Crippen LogP contribution in [0.25, 0.3) is 0 Å². The zero-order valence-corrected chi connectivity index (χ0v) is 12.0. The zero-order valence-electron chi connectivity index (χ0n) is 12.0. The Balaban J connectivity index is 1.87. The van der Waals surface area contributed by atoms with Crippen molar-refractivity contribution < 1.29 is 19.4 Å². The predicted octanol–water partition coefficient (Wildman–Crippen LogP) is 2.78. The number of esters is 1. The summed E-state index contributed by atoms with van der Waals surface area (Å²) in [5.41, 5.74) is -0.627. The standard InChI is InChI=1S/C16H22O4/c1-3-12(17)20-10-15-5-11-4-14(2,7-15)8-16(6-11,9-15)13(18)19/h3,11H,1,4-10H2,2H3,(H,18,19). The van der Waals surface area contributed by atoms with Crippen LogP contribution in [0.15, 0.2) is 12.7 Å². The summed E-state index contributed by atoms with van der Waals surface area (Å²) in [6, 6.07) is 0. The van der Waals surface area contributed by atoms with Crippen molar-refractivity contribution in [1.82, 2.24) is 0 Å². The SMILES string of the molecule is C=CC(=O)OCC12CC3CC(C)(C1)CC(C(=O)O)(C3)C2. The quantitative estimate of drug-likeness (QED) is 0.634. The average molecular weight is 278 g/mol. The number of ether oxygens (including phenoxy) is 1. The van der Waals surface area contributed by atoms with Crippen LogP contribution in [0.1, 0.15) is 45.4 Å². The minimum atomic E-state index is -0.660. The molecule has 4 rings (SSSR count). The van der Waals surface area contributed by atoms with Gasteiger partial charge in [-0.1, -0.05) is 13.5 Å². The summed E-state index contributed by atoms with van der Waals surface area (Å²) in [5.74, 6) is -0.600. The fourth-order valence-corrected chi connectivity index (χ4v) is 5.82. The Morgan fingerprint density at radius 3 is 2.65 bits per heavy atom. The third-order valence-corrected chi connectivity index (χ3v) is 5.60. The van der Waals surface area contributed by atoms with E-state index in [1.54, 1.807) is 0 Å². The third-order valence-electron chi connectivity index (χ3n) is 5.60. The van der Waals surface area contributed by atoms with E-state index >= 15 is 0 Å². The fraction of sp³-hybridized carbons (Fsp3) is 0.750. The van der Waals surface area contributed by atoms with Gasteiger partial charge in [0.2, 0.25) is 0 Å². The molecule has 0 aromatic rings. The largest absolute Gasteiger partial charge is 0.481 e. The lowest BCUT2D eigenvalue weighted by molar-refractivity contribution is -0.197. The van der Waals surface area contributed by atoms with E-state index in [2.05, 4.69) is 13.5 Å². The van der Waals surface area contributed by atoms with Gasteiger partial charge >= 0.3 is 11.9 Å².